The van der Waals surface area contributed by atoms with Gasteiger partial charge in [-0.1, -0.05) is 35.9 Å². The minimum atomic E-state index is -3.75. The molecular weight excluding hydrogens is 374 g/mol. The second-order valence-electron chi connectivity index (χ2n) is 6.08. The van der Waals surface area contributed by atoms with Crippen LogP contribution in [-0.2, 0) is 14.8 Å². The first-order chi connectivity index (χ1) is 13.4. The molecule has 6 nitrogen and oxygen atoms in total. The summed E-state index contributed by atoms with van der Waals surface area (Å²) in [5.41, 5.74) is 2.53. The summed E-state index contributed by atoms with van der Waals surface area (Å²) in [6.07, 6.45) is 4.65. The Bertz CT molecular complexity index is 1090. The summed E-state index contributed by atoms with van der Waals surface area (Å²) in [7, 11) is -3.75. The van der Waals surface area contributed by atoms with Gasteiger partial charge >= 0.3 is 0 Å². The van der Waals surface area contributed by atoms with Gasteiger partial charge in [-0.2, -0.15) is 0 Å². The van der Waals surface area contributed by atoms with Crippen molar-refractivity contribution in [1.29, 1.82) is 0 Å². The van der Waals surface area contributed by atoms with Crippen LogP contribution in [0, 0.1) is 6.92 Å². The van der Waals surface area contributed by atoms with Crippen molar-refractivity contribution in [3.63, 3.8) is 0 Å². The normalized spacial score (nSPS) is 11.3. The first kappa shape index (κ1) is 19.3. The summed E-state index contributed by atoms with van der Waals surface area (Å²) < 4.78 is 27.1. The summed E-state index contributed by atoms with van der Waals surface area (Å²) >= 11 is 0. The zero-order chi connectivity index (χ0) is 20.0. The molecule has 0 spiro atoms. The van der Waals surface area contributed by atoms with Crippen LogP contribution in [0.5, 0.6) is 0 Å². The molecule has 0 bridgehead atoms. The van der Waals surface area contributed by atoms with Gasteiger partial charge in [-0.25, -0.2) is 13.4 Å². The quantitative estimate of drug-likeness (QED) is 0.623. The number of aryl methyl sites for hydroxylation is 1. The molecule has 2 N–H and O–H groups in total. The molecule has 28 heavy (non-hydrogen) atoms. The number of benzene rings is 2. The molecule has 0 atom stereocenters. The maximum Gasteiger partial charge on any atom is 0.263 e. The highest BCUT2D eigenvalue weighted by Crippen LogP contribution is 2.17. The van der Waals surface area contributed by atoms with Crippen LogP contribution in [0.2, 0.25) is 0 Å². The Labute approximate surface area is 164 Å². The fraction of sp³-hybridized carbons (Fsp3) is 0.0476. The van der Waals surface area contributed by atoms with Crippen LogP contribution in [0.4, 0.5) is 11.5 Å². The van der Waals surface area contributed by atoms with Crippen molar-refractivity contribution in [2.75, 3.05) is 10.0 Å². The molecule has 3 rings (SSSR count). The standard InChI is InChI=1S/C21H19N3O3S/c1-16-5-4-6-17(15-16)8-13-21(25)23-18-9-11-19(12-10-18)28(26,27)24-20-7-2-3-14-22-20/h2-15H,1H3,(H,22,24)(H,23,25)/b13-8+. The Morgan fingerprint density at radius 2 is 1.79 bits per heavy atom. The first-order valence-electron chi connectivity index (χ1n) is 8.52. The summed E-state index contributed by atoms with van der Waals surface area (Å²) in [5, 5.41) is 2.70. The van der Waals surface area contributed by atoms with Crippen molar-refractivity contribution >= 4 is 33.5 Å². The highest BCUT2D eigenvalue weighted by atomic mass is 32.2. The summed E-state index contributed by atoms with van der Waals surface area (Å²) in [4.78, 5) is 16.1. The highest BCUT2D eigenvalue weighted by Gasteiger charge is 2.14. The van der Waals surface area contributed by atoms with Gasteiger partial charge in [-0.05, 0) is 55.0 Å². The van der Waals surface area contributed by atoms with E-state index in [0.717, 1.165) is 11.1 Å². The van der Waals surface area contributed by atoms with Crippen LogP contribution in [0.15, 0.2) is 83.9 Å². The van der Waals surface area contributed by atoms with Crippen molar-refractivity contribution in [3.8, 4) is 0 Å². The molecule has 1 amide bonds. The number of anilines is 2. The lowest BCUT2D eigenvalue weighted by atomic mass is 10.1. The van der Waals surface area contributed by atoms with E-state index in [1.54, 1.807) is 24.3 Å². The van der Waals surface area contributed by atoms with Crippen LogP contribution in [0.3, 0.4) is 0 Å². The van der Waals surface area contributed by atoms with E-state index >= 15 is 0 Å². The van der Waals surface area contributed by atoms with Crippen molar-refractivity contribution in [1.82, 2.24) is 4.98 Å². The average molecular weight is 393 g/mol. The molecule has 0 fully saturated rings. The molecular formula is C21H19N3O3S. The van der Waals surface area contributed by atoms with Gasteiger partial charge in [-0.3, -0.25) is 9.52 Å². The molecule has 1 aromatic heterocycles. The van der Waals surface area contributed by atoms with Gasteiger partial charge in [0.15, 0.2) is 0 Å². The molecule has 3 aromatic rings. The molecule has 0 unspecified atom stereocenters. The van der Waals surface area contributed by atoms with E-state index in [2.05, 4.69) is 15.0 Å². The number of rotatable bonds is 6. The van der Waals surface area contributed by atoms with E-state index in [4.69, 9.17) is 0 Å². The largest absolute Gasteiger partial charge is 0.323 e. The van der Waals surface area contributed by atoms with Crippen LogP contribution in [0.25, 0.3) is 6.08 Å². The Kier molecular flexibility index (Phi) is 5.86. The summed E-state index contributed by atoms with van der Waals surface area (Å²) in [6.45, 7) is 1.98. The maximum absolute atomic E-state index is 12.4. The lowest BCUT2D eigenvalue weighted by Gasteiger charge is -2.08. The van der Waals surface area contributed by atoms with Crippen LogP contribution >= 0.6 is 0 Å². The van der Waals surface area contributed by atoms with E-state index in [1.807, 2.05) is 31.2 Å². The van der Waals surface area contributed by atoms with Crippen LogP contribution in [0.1, 0.15) is 11.1 Å². The molecule has 0 saturated carbocycles. The third-order valence-electron chi connectivity index (χ3n) is 3.81. The molecule has 7 heteroatoms. The van der Waals surface area contributed by atoms with E-state index in [9.17, 15) is 13.2 Å². The molecule has 0 radical (unpaired) electrons. The third kappa shape index (κ3) is 5.28. The molecule has 1 heterocycles. The van der Waals surface area contributed by atoms with Crippen molar-refractivity contribution in [2.24, 2.45) is 0 Å². The lowest BCUT2D eigenvalue weighted by Crippen LogP contribution is -2.14. The van der Waals surface area contributed by atoms with Gasteiger partial charge in [0.05, 0.1) is 4.90 Å². The zero-order valence-electron chi connectivity index (χ0n) is 15.2. The third-order valence-corrected chi connectivity index (χ3v) is 5.18. The molecule has 0 aliphatic rings. The number of carbonyl (C=O) groups is 1. The monoisotopic (exact) mass is 393 g/mol. The fourth-order valence-electron chi connectivity index (χ4n) is 2.47. The van der Waals surface area contributed by atoms with Gasteiger partial charge in [-0.15, -0.1) is 0 Å². The number of sulfonamides is 1. The number of amides is 1. The number of hydrogen-bond acceptors (Lipinski definition) is 4. The minimum Gasteiger partial charge on any atom is -0.323 e. The van der Waals surface area contributed by atoms with Gasteiger partial charge in [0, 0.05) is 18.0 Å². The van der Waals surface area contributed by atoms with Gasteiger partial charge < -0.3 is 5.32 Å². The van der Waals surface area contributed by atoms with Gasteiger partial charge in [0.2, 0.25) is 5.91 Å². The first-order valence-corrected chi connectivity index (χ1v) is 10.0. The topological polar surface area (TPSA) is 88.2 Å². The Balaban J connectivity index is 1.64. The zero-order valence-corrected chi connectivity index (χ0v) is 16.0. The average Bonchev–Trinajstić information content (AvgIpc) is 2.67. The smallest absolute Gasteiger partial charge is 0.263 e. The Morgan fingerprint density at radius 1 is 1.00 bits per heavy atom. The minimum absolute atomic E-state index is 0.0754. The maximum atomic E-state index is 12.4. The molecule has 0 saturated heterocycles. The number of aromatic nitrogens is 1. The van der Waals surface area contributed by atoms with E-state index < -0.39 is 10.0 Å². The van der Waals surface area contributed by atoms with Gasteiger partial charge in [0.1, 0.15) is 5.82 Å². The summed E-state index contributed by atoms with van der Waals surface area (Å²) in [6, 6.07) is 18.6. The number of hydrogen-bond donors (Lipinski definition) is 2. The number of carbonyl (C=O) groups excluding carboxylic acids is 1. The fourth-order valence-corrected chi connectivity index (χ4v) is 3.48. The molecule has 2 aromatic carbocycles. The predicted molar refractivity (Wildman–Crippen MR) is 110 cm³/mol. The van der Waals surface area contributed by atoms with Crippen LogP contribution in [-0.4, -0.2) is 19.3 Å². The second-order valence-corrected chi connectivity index (χ2v) is 7.76. The van der Waals surface area contributed by atoms with Crippen molar-refractivity contribution in [3.05, 3.63) is 90.1 Å². The number of nitrogens with zero attached hydrogens (tertiary/aromatic N) is 1. The molecule has 0 aliphatic heterocycles. The molecule has 142 valence electrons. The van der Waals surface area contributed by atoms with Crippen molar-refractivity contribution in [2.45, 2.75) is 11.8 Å². The van der Waals surface area contributed by atoms with Crippen LogP contribution < -0.4 is 10.0 Å². The number of nitrogens with one attached hydrogen (secondary N) is 2. The number of pyridine rings is 1. The predicted octanol–water partition coefficient (Wildman–Crippen LogP) is 3.84. The SMILES string of the molecule is Cc1cccc(/C=C/C(=O)Nc2ccc(S(=O)(=O)Nc3ccccn3)cc2)c1. The Morgan fingerprint density at radius 3 is 2.46 bits per heavy atom. The van der Waals surface area contributed by atoms with Crippen molar-refractivity contribution < 1.29 is 13.2 Å². The van der Waals surface area contributed by atoms with Gasteiger partial charge in [0.25, 0.3) is 10.0 Å². The summed E-state index contributed by atoms with van der Waals surface area (Å²) in [5.74, 6) is -0.0649. The van der Waals surface area contributed by atoms with E-state index in [-0.39, 0.29) is 16.6 Å². The van der Waals surface area contributed by atoms with E-state index in [0.29, 0.717) is 5.69 Å². The second kappa shape index (κ2) is 8.49. The molecule has 0 aliphatic carbocycles. The van der Waals surface area contributed by atoms with E-state index in [1.165, 1.54) is 36.5 Å². The lowest BCUT2D eigenvalue weighted by molar-refractivity contribution is -0.111. The highest BCUT2D eigenvalue weighted by molar-refractivity contribution is 7.92. The Hall–Kier alpha value is -3.45.